The fraction of sp³-hybridized carbons (Fsp3) is 0.0769. The van der Waals surface area contributed by atoms with Crippen LogP contribution in [0.3, 0.4) is 0 Å². The molecule has 0 unspecified atom stereocenters. The van der Waals surface area contributed by atoms with Gasteiger partial charge < -0.3 is 9.80 Å². The average molecular weight is 875 g/mol. The summed E-state index contributed by atoms with van der Waals surface area (Å²) in [4.78, 5) is 4.63. The highest BCUT2D eigenvalue weighted by molar-refractivity contribution is 6.29. The Bertz CT molecular complexity index is 3950. The van der Waals surface area contributed by atoms with Gasteiger partial charge in [0.05, 0.1) is 17.1 Å². The maximum atomic E-state index is 17.7. The van der Waals surface area contributed by atoms with Gasteiger partial charge >= 0.3 is 0 Å². The number of hydrogen-bond donors (Lipinski definition) is 0. The third-order valence-electron chi connectivity index (χ3n) is 14.8. The highest BCUT2D eigenvalue weighted by Gasteiger charge is 2.35. The zero-order chi connectivity index (χ0) is 45.8. The first-order chi connectivity index (χ1) is 33.2. The molecule has 0 bridgehead atoms. The molecule has 1 aliphatic carbocycles. The largest absolute Gasteiger partial charge is 0.310 e. The van der Waals surface area contributed by atoms with Crippen molar-refractivity contribution in [3.8, 4) is 22.3 Å². The Morgan fingerprint density at radius 3 is 1.50 bits per heavy atom. The zero-order valence-electron chi connectivity index (χ0n) is 38.5. The number of benzene rings is 12. The predicted molar refractivity (Wildman–Crippen MR) is 287 cm³/mol. The molecule has 68 heavy (non-hydrogen) atoms. The highest BCUT2D eigenvalue weighted by atomic mass is 19.1. The molecule has 0 spiro atoms. The van der Waals surface area contributed by atoms with Gasteiger partial charge in [0, 0.05) is 38.8 Å². The first-order valence-electron chi connectivity index (χ1n) is 23.6. The van der Waals surface area contributed by atoms with E-state index in [0.29, 0.717) is 5.69 Å². The van der Waals surface area contributed by atoms with Crippen molar-refractivity contribution in [1.82, 2.24) is 0 Å². The van der Waals surface area contributed by atoms with Crippen LogP contribution in [0.4, 0.5) is 38.5 Å². The maximum Gasteiger partial charge on any atom is 0.148 e. The lowest BCUT2D eigenvalue weighted by Crippen LogP contribution is -2.17. The molecule has 2 nitrogen and oxygen atoms in total. The van der Waals surface area contributed by atoms with E-state index >= 15 is 4.39 Å². The molecule has 0 atom stereocenters. The van der Waals surface area contributed by atoms with Crippen LogP contribution in [0, 0.1) is 19.7 Å². The molecule has 0 saturated heterocycles. The van der Waals surface area contributed by atoms with E-state index in [4.69, 9.17) is 0 Å². The molecule has 0 fully saturated rings. The molecule has 1 aliphatic rings. The van der Waals surface area contributed by atoms with Crippen molar-refractivity contribution in [3.63, 3.8) is 0 Å². The molecule has 0 radical (unpaired) electrons. The second-order valence-corrected chi connectivity index (χ2v) is 19.1. The highest BCUT2D eigenvalue weighted by Crippen LogP contribution is 2.54. The van der Waals surface area contributed by atoms with Gasteiger partial charge in [-0.15, -0.1) is 0 Å². The van der Waals surface area contributed by atoms with Crippen LogP contribution in [0.2, 0.25) is 0 Å². The van der Waals surface area contributed by atoms with Gasteiger partial charge in [0.15, 0.2) is 0 Å². The lowest BCUT2D eigenvalue weighted by atomic mass is 9.81. The number of aryl methyl sites for hydroxylation is 2. The zero-order valence-corrected chi connectivity index (χ0v) is 38.5. The van der Waals surface area contributed by atoms with Crippen LogP contribution >= 0.6 is 0 Å². The van der Waals surface area contributed by atoms with E-state index in [1.165, 1.54) is 59.8 Å². The van der Waals surface area contributed by atoms with Crippen LogP contribution < -0.4 is 9.80 Å². The molecule has 324 valence electrons. The summed E-state index contributed by atoms with van der Waals surface area (Å²) in [6.45, 7) is 9.19. The van der Waals surface area contributed by atoms with Crippen LogP contribution in [-0.2, 0) is 5.41 Å². The van der Waals surface area contributed by atoms with Crippen molar-refractivity contribution in [3.05, 3.63) is 240 Å². The Balaban J connectivity index is 1.09. The van der Waals surface area contributed by atoms with Gasteiger partial charge in [-0.25, -0.2) is 4.39 Å². The lowest BCUT2D eigenvalue weighted by molar-refractivity contribution is 0.630. The average Bonchev–Trinajstić information content (AvgIpc) is 3.61. The Kier molecular flexibility index (Phi) is 8.91. The molecule has 0 saturated carbocycles. The Labute approximate surface area is 396 Å². The summed E-state index contributed by atoms with van der Waals surface area (Å²) in [5.41, 5.74) is 14.1. The van der Waals surface area contributed by atoms with Gasteiger partial charge in [0.2, 0.25) is 0 Å². The van der Waals surface area contributed by atoms with E-state index in [1.807, 2.05) is 66.7 Å². The van der Waals surface area contributed by atoms with Crippen LogP contribution in [0.15, 0.2) is 212 Å². The van der Waals surface area contributed by atoms with E-state index in [-0.39, 0.29) is 11.2 Å². The van der Waals surface area contributed by atoms with Crippen molar-refractivity contribution in [2.45, 2.75) is 33.1 Å². The predicted octanol–water partition coefficient (Wildman–Crippen LogP) is 18.6. The molecule has 0 aromatic heterocycles. The van der Waals surface area contributed by atoms with E-state index in [9.17, 15) is 0 Å². The minimum absolute atomic E-state index is 0.168. The topological polar surface area (TPSA) is 6.48 Å². The van der Waals surface area contributed by atoms with Gasteiger partial charge in [-0.1, -0.05) is 166 Å². The first-order valence-corrected chi connectivity index (χ1v) is 23.6. The van der Waals surface area contributed by atoms with Crippen molar-refractivity contribution < 1.29 is 4.39 Å². The minimum atomic E-state index is -0.292. The Morgan fingerprint density at radius 1 is 0.368 bits per heavy atom. The number of rotatable bonds is 8. The molecule has 0 amide bonds. The van der Waals surface area contributed by atoms with E-state index in [1.54, 1.807) is 6.07 Å². The summed E-state index contributed by atoms with van der Waals surface area (Å²) < 4.78 is 17.7. The lowest BCUT2D eigenvalue weighted by Gasteiger charge is -2.32. The summed E-state index contributed by atoms with van der Waals surface area (Å²) in [5.74, 6) is -0.292. The Hall–Kier alpha value is -8.27. The van der Waals surface area contributed by atoms with Crippen LogP contribution in [0.5, 0.6) is 0 Å². The third-order valence-corrected chi connectivity index (χ3v) is 14.8. The van der Waals surface area contributed by atoms with Crippen molar-refractivity contribution in [1.29, 1.82) is 0 Å². The second-order valence-electron chi connectivity index (χ2n) is 19.1. The van der Waals surface area contributed by atoms with Gasteiger partial charge in [-0.3, -0.25) is 0 Å². The summed E-state index contributed by atoms with van der Waals surface area (Å²) >= 11 is 0. The van der Waals surface area contributed by atoms with Crippen LogP contribution in [0.1, 0.15) is 36.1 Å². The van der Waals surface area contributed by atoms with Gasteiger partial charge in [0.1, 0.15) is 5.82 Å². The van der Waals surface area contributed by atoms with E-state index in [0.717, 1.165) is 67.0 Å². The van der Waals surface area contributed by atoms with Gasteiger partial charge in [-0.2, -0.15) is 0 Å². The molecular formula is C65H47FN2. The summed E-state index contributed by atoms with van der Waals surface area (Å²) in [6.07, 6.45) is 0. The fourth-order valence-corrected chi connectivity index (χ4v) is 11.6. The summed E-state index contributed by atoms with van der Waals surface area (Å²) in [7, 11) is 0. The maximum absolute atomic E-state index is 17.7. The van der Waals surface area contributed by atoms with Crippen molar-refractivity contribution in [2.75, 3.05) is 9.80 Å². The number of halogens is 1. The van der Waals surface area contributed by atoms with Gasteiger partial charge in [0.25, 0.3) is 0 Å². The fourth-order valence-electron chi connectivity index (χ4n) is 11.6. The summed E-state index contributed by atoms with van der Waals surface area (Å²) in [5, 5.41) is 12.3. The quantitative estimate of drug-likeness (QED) is 0.140. The Morgan fingerprint density at radius 2 is 0.882 bits per heavy atom. The number of nitrogens with zero attached hydrogens (tertiary/aromatic N) is 2. The number of hydrogen-bond acceptors (Lipinski definition) is 2. The molecule has 12 aromatic carbocycles. The van der Waals surface area contributed by atoms with Gasteiger partial charge in [-0.05, 0) is 157 Å². The molecule has 13 rings (SSSR count). The van der Waals surface area contributed by atoms with Crippen LogP contribution in [-0.4, -0.2) is 0 Å². The SMILES string of the molecule is Cc1cc(N(c2ccccc2)c2cc3c4c(ccc5cccc(c54)C3(C)C)c2)c2ccc3c(C)cc(N(c4ccccc4)c4c(F)cc(-c5ccccc5)cc4-c4ccccc4)c4ccc1c2c34. The normalized spacial score (nSPS) is 12.9. The van der Waals surface area contributed by atoms with Crippen molar-refractivity contribution >= 4 is 88.0 Å². The molecule has 12 aromatic rings. The number of para-hydroxylation sites is 2. The smallest absolute Gasteiger partial charge is 0.148 e. The second kappa shape index (κ2) is 15.1. The molecule has 0 aliphatic heterocycles. The third kappa shape index (κ3) is 5.95. The summed E-state index contributed by atoms with van der Waals surface area (Å²) in [6, 6.07) is 75.3. The van der Waals surface area contributed by atoms with E-state index in [2.05, 4.69) is 177 Å². The molecule has 0 N–H and O–H groups in total. The number of anilines is 6. The minimum Gasteiger partial charge on any atom is -0.310 e. The van der Waals surface area contributed by atoms with Crippen molar-refractivity contribution in [2.24, 2.45) is 0 Å². The molecular weight excluding hydrogens is 828 g/mol. The monoisotopic (exact) mass is 874 g/mol. The van der Waals surface area contributed by atoms with Crippen LogP contribution in [0.25, 0.3) is 76.1 Å². The molecule has 3 heteroatoms. The first kappa shape index (κ1) is 40.0. The van der Waals surface area contributed by atoms with E-state index < -0.39 is 0 Å². The molecule has 0 heterocycles. The standard InChI is InChI=1S/C65H47FN2/c1-40-34-58(67(47-23-13-7-14-24-47)49-36-45-29-28-44-22-17-27-55-60(44)61(45)56(39-49)65(55,3)4)52-32-30-51-41(2)35-59(53-33-31-50(40)62(52)63(51)53)68(48-25-15-8-16-26-48)64-54(43-20-11-6-12-21-43)37-46(38-57(64)66)42-18-9-5-10-19-42/h5-39H,1-4H3.